The van der Waals surface area contributed by atoms with E-state index >= 15 is 0 Å². The SMILES string of the molecule is CCC(O)CNc1ccnc(C(=O)NC)c1. The average Bonchev–Trinajstić information content (AvgIpc) is 2.35. The third-order valence-corrected chi connectivity index (χ3v) is 2.23. The normalized spacial score (nSPS) is 11.9. The van der Waals surface area contributed by atoms with E-state index in [1.54, 1.807) is 25.4 Å². The molecule has 1 unspecified atom stereocenters. The van der Waals surface area contributed by atoms with Crippen LogP contribution in [0, 0.1) is 0 Å². The summed E-state index contributed by atoms with van der Waals surface area (Å²) >= 11 is 0. The van der Waals surface area contributed by atoms with E-state index in [9.17, 15) is 9.90 Å². The second-order valence-electron chi connectivity index (χ2n) is 3.45. The Morgan fingerprint density at radius 1 is 1.62 bits per heavy atom. The number of hydrogen-bond acceptors (Lipinski definition) is 4. The third-order valence-electron chi connectivity index (χ3n) is 2.23. The number of hydrogen-bond donors (Lipinski definition) is 3. The van der Waals surface area contributed by atoms with Gasteiger partial charge in [-0.25, -0.2) is 0 Å². The van der Waals surface area contributed by atoms with Gasteiger partial charge in [0.1, 0.15) is 5.69 Å². The summed E-state index contributed by atoms with van der Waals surface area (Å²) in [5.74, 6) is -0.223. The minimum atomic E-state index is -0.378. The number of carbonyl (C=O) groups is 1. The Morgan fingerprint density at radius 3 is 3.00 bits per heavy atom. The molecule has 1 aromatic rings. The van der Waals surface area contributed by atoms with Gasteiger partial charge in [0, 0.05) is 25.5 Å². The van der Waals surface area contributed by atoms with E-state index in [2.05, 4.69) is 15.6 Å². The van der Waals surface area contributed by atoms with Gasteiger partial charge in [-0.1, -0.05) is 6.92 Å². The monoisotopic (exact) mass is 223 g/mol. The lowest BCUT2D eigenvalue weighted by atomic mass is 10.2. The van der Waals surface area contributed by atoms with Gasteiger partial charge in [0.15, 0.2) is 0 Å². The Balaban J connectivity index is 2.64. The van der Waals surface area contributed by atoms with E-state index in [0.717, 1.165) is 5.69 Å². The van der Waals surface area contributed by atoms with Crippen molar-refractivity contribution in [3.63, 3.8) is 0 Å². The first-order valence-electron chi connectivity index (χ1n) is 5.27. The molecule has 5 heteroatoms. The van der Waals surface area contributed by atoms with Gasteiger partial charge in [0.05, 0.1) is 6.10 Å². The lowest BCUT2D eigenvalue weighted by Crippen LogP contribution is -2.21. The van der Waals surface area contributed by atoms with Crippen LogP contribution in [-0.4, -0.2) is 35.7 Å². The summed E-state index contributed by atoms with van der Waals surface area (Å²) in [6.07, 6.45) is 1.88. The van der Waals surface area contributed by atoms with Crippen LogP contribution < -0.4 is 10.6 Å². The second-order valence-corrected chi connectivity index (χ2v) is 3.45. The maximum atomic E-state index is 11.3. The van der Waals surface area contributed by atoms with Gasteiger partial charge in [-0.3, -0.25) is 9.78 Å². The molecule has 0 aliphatic carbocycles. The van der Waals surface area contributed by atoms with Crippen LogP contribution in [-0.2, 0) is 0 Å². The molecule has 0 radical (unpaired) electrons. The zero-order valence-corrected chi connectivity index (χ0v) is 9.53. The Morgan fingerprint density at radius 2 is 2.38 bits per heavy atom. The number of aromatic nitrogens is 1. The Hall–Kier alpha value is -1.62. The third kappa shape index (κ3) is 3.51. The molecule has 1 heterocycles. The summed E-state index contributed by atoms with van der Waals surface area (Å²) in [5.41, 5.74) is 1.14. The molecule has 0 spiro atoms. The molecule has 0 aromatic carbocycles. The number of carbonyl (C=O) groups excluding carboxylic acids is 1. The molecular formula is C11H17N3O2. The minimum Gasteiger partial charge on any atom is -0.391 e. The molecule has 0 saturated heterocycles. The number of anilines is 1. The summed E-state index contributed by atoms with van der Waals surface area (Å²) in [4.78, 5) is 15.3. The molecule has 0 aliphatic rings. The lowest BCUT2D eigenvalue weighted by molar-refractivity contribution is 0.0958. The molecular weight excluding hydrogens is 206 g/mol. The van der Waals surface area contributed by atoms with Crippen LogP contribution in [0.2, 0.25) is 0 Å². The van der Waals surface area contributed by atoms with Gasteiger partial charge in [-0.2, -0.15) is 0 Å². The van der Waals surface area contributed by atoms with Crippen molar-refractivity contribution in [1.82, 2.24) is 10.3 Å². The first-order valence-corrected chi connectivity index (χ1v) is 5.27. The molecule has 0 fully saturated rings. The number of nitrogens with zero attached hydrogens (tertiary/aromatic N) is 1. The first-order chi connectivity index (χ1) is 7.67. The van der Waals surface area contributed by atoms with E-state index in [1.807, 2.05) is 6.92 Å². The predicted molar refractivity (Wildman–Crippen MR) is 62.4 cm³/mol. The van der Waals surface area contributed by atoms with E-state index in [0.29, 0.717) is 18.7 Å². The first kappa shape index (κ1) is 12.4. The van der Waals surface area contributed by atoms with Crippen molar-refractivity contribution in [3.8, 4) is 0 Å². The maximum absolute atomic E-state index is 11.3. The summed E-state index contributed by atoms with van der Waals surface area (Å²) in [6, 6.07) is 3.41. The molecule has 1 rings (SSSR count). The minimum absolute atomic E-state index is 0.223. The standard InChI is InChI=1S/C11H17N3O2/c1-3-9(15)7-14-8-4-5-13-10(6-8)11(16)12-2/h4-6,9,15H,3,7H2,1-2H3,(H,12,16)(H,13,14). The molecule has 16 heavy (non-hydrogen) atoms. The van der Waals surface area contributed by atoms with E-state index in [-0.39, 0.29) is 12.0 Å². The van der Waals surface area contributed by atoms with Crippen LogP contribution in [0.1, 0.15) is 23.8 Å². The van der Waals surface area contributed by atoms with Crippen molar-refractivity contribution in [2.75, 3.05) is 18.9 Å². The van der Waals surface area contributed by atoms with Gasteiger partial charge in [-0.05, 0) is 18.6 Å². The number of pyridine rings is 1. The molecule has 0 aliphatic heterocycles. The van der Waals surface area contributed by atoms with Crippen molar-refractivity contribution in [2.45, 2.75) is 19.4 Å². The highest BCUT2D eigenvalue weighted by atomic mass is 16.3. The summed E-state index contributed by atoms with van der Waals surface area (Å²) in [6.45, 7) is 2.38. The highest BCUT2D eigenvalue weighted by Gasteiger charge is 2.06. The number of aliphatic hydroxyl groups excluding tert-OH is 1. The van der Waals surface area contributed by atoms with Crippen LogP contribution in [0.15, 0.2) is 18.3 Å². The Labute approximate surface area is 94.9 Å². The van der Waals surface area contributed by atoms with Crippen molar-refractivity contribution in [1.29, 1.82) is 0 Å². The molecule has 1 amide bonds. The fourth-order valence-corrected chi connectivity index (χ4v) is 1.17. The lowest BCUT2D eigenvalue weighted by Gasteiger charge is -2.10. The van der Waals surface area contributed by atoms with Crippen LogP contribution in [0.5, 0.6) is 0 Å². The van der Waals surface area contributed by atoms with E-state index < -0.39 is 0 Å². The van der Waals surface area contributed by atoms with Gasteiger partial charge >= 0.3 is 0 Å². The van der Waals surface area contributed by atoms with Crippen LogP contribution >= 0.6 is 0 Å². The largest absolute Gasteiger partial charge is 0.391 e. The van der Waals surface area contributed by atoms with Gasteiger partial charge < -0.3 is 15.7 Å². The van der Waals surface area contributed by atoms with Crippen LogP contribution in [0.4, 0.5) is 5.69 Å². The quantitative estimate of drug-likeness (QED) is 0.684. The molecule has 0 bridgehead atoms. The van der Waals surface area contributed by atoms with E-state index in [1.165, 1.54) is 0 Å². The fourth-order valence-electron chi connectivity index (χ4n) is 1.17. The topological polar surface area (TPSA) is 74.2 Å². The summed E-state index contributed by atoms with van der Waals surface area (Å²) in [5, 5.41) is 14.9. The number of amides is 1. The molecule has 88 valence electrons. The van der Waals surface area contributed by atoms with Crippen molar-refractivity contribution < 1.29 is 9.90 Å². The molecule has 0 saturated carbocycles. The van der Waals surface area contributed by atoms with Gasteiger partial charge in [0.2, 0.25) is 0 Å². The fraction of sp³-hybridized carbons (Fsp3) is 0.455. The zero-order chi connectivity index (χ0) is 12.0. The van der Waals surface area contributed by atoms with Gasteiger partial charge in [-0.15, -0.1) is 0 Å². The van der Waals surface area contributed by atoms with Crippen LogP contribution in [0.3, 0.4) is 0 Å². The summed E-state index contributed by atoms with van der Waals surface area (Å²) < 4.78 is 0. The molecule has 3 N–H and O–H groups in total. The van der Waals surface area contributed by atoms with Crippen molar-refractivity contribution >= 4 is 11.6 Å². The zero-order valence-electron chi connectivity index (χ0n) is 9.53. The second kappa shape index (κ2) is 6.07. The number of nitrogens with one attached hydrogen (secondary N) is 2. The number of rotatable bonds is 5. The van der Waals surface area contributed by atoms with Crippen molar-refractivity contribution in [3.05, 3.63) is 24.0 Å². The Kier molecular flexibility index (Phi) is 4.72. The highest BCUT2D eigenvalue weighted by Crippen LogP contribution is 2.08. The van der Waals surface area contributed by atoms with Crippen molar-refractivity contribution in [2.24, 2.45) is 0 Å². The highest BCUT2D eigenvalue weighted by molar-refractivity contribution is 5.92. The molecule has 1 atom stereocenters. The smallest absolute Gasteiger partial charge is 0.269 e. The van der Waals surface area contributed by atoms with E-state index in [4.69, 9.17) is 0 Å². The average molecular weight is 223 g/mol. The summed E-state index contributed by atoms with van der Waals surface area (Å²) in [7, 11) is 1.56. The van der Waals surface area contributed by atoms with Gasteiger partial charge in [0.25, 0.3) is 5.91 Å². The number of aliphatic hydroxyl groups is 1. The predicted octanol–water partition coefficient (Wildman–Crippen LogP) is 0.624. The van der Waals surface area contributed by atoms with Crippen LogP contribution in [0.25, 0.3) is 0 Å². The maximum Gasteiger partial charge on any atom is 0.269 e. The molecule has 5 nitrogen and oxygen atoms in total. The molecule has 1 aromatic heterocycles. The Bertz CT molecular complexity index is 355.